The van der Waals surface area contributed by atoms with Gasteiger partial charge in [-0.1, -0.05) is 11.6 Å². The van der Waals surface area contributed by atoms with E-state index in [1.54, 1.807) is 0 Å². The van der Waals surface area contributed by atoms with Crippen molar-refractivity contribution in [3.8, 4) is 0 Å². The normalized spacial score (nSPS) is 20.0. The molecule has 1 aliphatic heterocycles. The molecule has 1 amide bonds. The molecule has 2 rings (SSSR count). The molecular formula is C14H16ClF3N2O3S. The Morgan fingerprint density at radius 2 is 2.04 bits per heavy atom. The average molecular weight is 385 g/mol. The van der Waals surface area contributed by atoms with Crippen molar-refractivity contribution in [2.24, 2.45) is 5.92 Å². The van der Waals surface area contributed by atoms with Crippen molar-refractivity contribution in [3.63, 3.8) is 0 Å². The van der Waals surface area contributed by atoms with Gasteiger partial charge in [-0.2, -0.15) is 13.2 Å². The van der Waals surface area contributed by atoms with Crippen LogP contribution in [-0.2, 0) is 21.0 Å². The molecule has 1 saturated heterocycles. The Morgan fingerprint density at radius 1 is 1.38 bits per heavy atom. The number of benzene rings is 1. The summed E-state index contributed by atoms with van der Waals surface area (Å²) < 4.78 is 62.8. The fraction of sp³-hybridized carbons (Fsp3) is 0.500. The third-order valence-corrected chi connectivity index (χ3v) is 5.36. The number of carbonyl (C=O) groups is 1. The smallest absolute Gasteiger partial charge is 0.326 e. The first kappa shape index (κ1) is 19.0. The van der Waals surface area contributed by atoms with Gasteiger partial charge in [0.05, 0.1) is 22.8 Å². The minimum absolute atomic E-state index is 0.0182. The zero-order valence-corrected chi connectivity index (χ0v) is 14.3. The lowest BCUT2D eigenvalue weighted by Gasteiger charge is -2.30. The highest BCUT2D eigenvalue weighted by molar-refractivity contribution is 7.88. The van der Waals surface area contributed by atoms with Crippen LogP contribution in [0.2, 0.25) is 5.02 Å². The number of anilines is 1. The monoisotopic (exact) mass is 384 g/mol. The fourth-order valence-electron chi connectivity index (χ4n) is 2.52. The molecule has 5 nitrogen and oxygen atoms in total. The van der Waals surface area contributed by atoms with Crippen molar-refractivity contribution in [1.29, 1.82) is 0 Å². The first-order chi connectivity index (χ1) is 11.0. The van der Waals surface area contributed by atoms with Gasteiger partial charge in [-0.25, -0.2) is 12.7 Å². The molecule has 134 valence electrons. The Bertz CT molecular complexity index is 737. The van der Waals surface area contributed by atoms with E-state index in [0.717, 1.165) is 18.4 Å². The summed E-state index contributed by atoms with van der Waals surface area (Å²) in [4.78, 5) is 12.2. The standard InChI is InChI=1S/C14H16ClF3N2O3S/c1-24(22,23)20-6-2-3-9(8-20)13(21)19-10-4-5-12(15)11(7-10)14(16,17)18/h4-5,7,9H,2-3,6,8H2,1H3,(H,19,21)/t9-/m0/s1. The van der Waals surface area contributed by atoms with Gasteiger partial charge in [-0.15, -0.1) is 0 Å². The van der Waals surface area contributed by atoms with Crippen LogP contribution >= 0.6 is 11.6 Å². The van der Waals surface area contributed by atoms with Crippen LogP contribution in [0.3, 0.4) is 0 Å². The first-order valence-corrected chi connectivity index (χ1v) is 9.34. The van der Waals surface area contributed by atoms with Gasteiger partial charge in [0.15, 0.2) is 0 Å². The number of nitrogens with one attached hydrogen (secondary N) is 1. The Balaban J connectivity index is 2.12. The quantitative estimate of drug-likeness (QED) is 0.871. The molecule has 1 heterocycles. The van der Waals surface area contributed by atoms with Gasteiger partial charge in [-0.3, -0.25) is 4.79 Å². The maximum Gasteiger partial charge on any atom is 0.417 e. The maximum absolute atomic E-state index is 12.8. The SMILES string of the molecule is CS(=O)(=O)N1CCC[C@H](C(=O)Nc2ccc(Cl)c(C(F)(F)F)c2)C1. The van der Waals surface area contributed by atoms with Gasteiger partial charge in [-0.05, 0) is 31.0 Å². The van der Waals surface area contributed by atoms with E-state index in [4.69, 9.17) is 11.6 Å². The summed E-state index contributed by atoms with van der Waals surface area (Å²) in [6.07, 6.45) is -2.59. The molecule has 24 heavy (non-hydrogen) atoms. The number of halogens is 4. The predicted octanol–water partition coefficient (Wildman–Crippen LogP) is 2.97. The number of amides is 1. The molecule has 1 aliphatic rings. The summed E-state index contributed by atoms with van der Waals surface area (Å²) >= 11 is 5.53. The van der Waals surface area contributed by atoms with Gasteiger partial charge >= 0.3 is 6.18 Å². The van der Waals surface area contributed by atoms with Crippen LogP contribution in [0.15, 0.2) is 18.2 Å². The molecule has 1 fully saturated rings. The second-order valence-electron chi connectivity index (χ2n) is 5.64. The minimum Gasteiger partial charge on any atom is -0.326 e. The zero-order valence-electron chi connectivity index (χ0n) is 12.7. The van der Waals surface area contributed by atoms with E-state index >= 15 is 0 Å². The molecule has 0 saturated carbocycles. The average Bonchev–Trinajstić information content (AvgIpc) is 2.47. The molecule has 0 radical (unpaired) electrons. The Hall–Kier alpha value is -1.32. The minimum atomic E-state index is -4.63. The van der Waals surface area contributed by atoms with Gasteiger partial charge in [0.2, 0.25) is 15.9 Å². The highest BCUT2D eigenvalue weighted by atomic mass is 35.5. The highest BCUT2D eigenvalue weighted by Gasteiger charge is 2.34. The van der Waals surface area contributed by atoms with Crippen molar-refractivity contribution < 1.29 is 26.4 Å². The summed E-state index contributed by atoms with van der Waals surface area (Å²) in [5, 5.41) is 1.95. The second-order valence-corrected chi connectivity index (χ2v) is 8.03. The van der Waals surface area contributed by atoms with Crippen molar-refractivity contribution in [2.75, 3.05) is 24.7 Å². The lowest BCUT2D eigenvalue weighted by molar-refractivity contribution is -0.137. The maximum atomic E-state index is 12.8. The number of nitrogens with zero attached hydrogens (tertiary/aromatic N) is 1. The van der Waals surface area contributed by atoms with E-state index < -0.39 is 38.6 Å². The van der Waals surface area contributed by atoms with Crippen molar-refractivity contribution in [1.82, 2.24) is 4.31 Å². The summed E-state index contributed by atoms with van der Waals surface area (Å²) in [7, 11) is -3.41. The molecule has 1 atom stereocenters. The van der Waals surface area contributed by atoms with Gasteiger partial charge in [0.25, 0.3) is 0 Å². The number of carbonyl (C=O) groups excluding carboxylic acids is 1. The number of rotatable bonds is 3. The third kappa shape index (κ3) is 4.61. The molecule has 0 aromatic heterocycles. The van der Waals surface area contributed by atoms with E-state index in [-0.39, 0.29) is 12.2 Å². The molecule has 0 unspecified atom stereocenters. The summed E-state index contributed by atoms with van der Waals surface area (Å²) in [6.45, 7) is 0.353. The molecule has 10 heteroatoms. The number of alkyl halides is 3. The lowest BCUT2D eigenvalue weighted by atomic mass is 9.98. The molecule has 1 aromatic carbocycles. The van der Waals surface area contributed by atoms with Gasteiger partial charge in [0.1, 0.15) is 0 Å². The van der Waals surface area contributed by atoms with Crippen LogP contribution in [0.25, 0.3) is 0 Å². The van der Waals surface area contributed by atoms with Gasteiger partial charge in [0, 0.05) is 18.8 Å². The summed E-state index contributed by atoms with van der Waals surface area (Å²) in [5.74, 6) is -1.13. The third-order valence-electron chi connectivity index (χ3n) is 3.76. The van der Waals surface area contributed by atoms with E-state index in [1.807, 2.05) is 0 Å². The molecule has 1 aromatic rings. The van der Waals surface area contributed by atoms with Crippen LogP contribution in [0.1, 0.15) is 18.4 Å². The van der Waals surface area contributed by atoms with Crippen LogP contribution in [0, 0.1) is 5.92 Å². The Labute approximate surface area is 142 Å². The topological polar surface area (TPSA) is 66.5 Å². The first-order valence-electron chi connectivity index (χ1n) is 7.11. The fourth-order valence-corrected chi connectivity index (χ4v) is 3.66. The van der Waals surface area contributed by atoms with E-state index in [2.05, 4.69) is 5.32 Å². The lowest BCUT2D eigenvalue weighted by Crippen LogP contribution is -2.43. The summed E-state index contributed by atoms with van der Waals surface area (Å²) in [5.41, 5.74) is -1.07. The van der Waals surface area contributed by atoms with Crippen molar-refractivity contribution >= 4 is 33.2 Å². The van der Waals surface area contributed by atoms with E-state index in [9.17, 15) is 26.4 Å². The predicted molar refractivity (Wildman–Crippen MR) is 84.2 cm³/mol. The van der Waals surface area contributed by atoms with Crippen LogP contribution in [-0.4, -0.2) is 38.0 Å². The number of hydrogen-bond acceptors (Lipinski definition) is 3. The molecular weight excluding hydrogens is 369 g/mol. The molecule has 1 N–H and O–H groups in total. The largest absolute Gasteiger partial charge is 0.417 e. The molecule has 0 spiro atoms. The van der Waals surface area contributed by atoms with Crippen molar-refractivity contribution in [2.45, 2.75) is 19.0 Å². The Morgan fingerprint density at radius 3 is 2.62 bits per heavy atom. The molecule has 0 bridgehead atoms. The summed E-state index contributed by atoms with van der Waals surface area (Å²) in [6, 6.07) is 3.09. The van der Waals surface area contributed by atoms with E-state index in [1.165, 1.54) is 10.4 Å². The van der Waals surface area contributed by atoms with Crippen LogP contribution in [0.5, 0.6) is 0 Å². The zero-order chi connectivity index (χ0) is 18.1. The van der Waals surface area contributed by atoms with Crippen LogP contribution < -0.4 is 5.32 Å². The van der Waals surface area contributed by atoms with Crippen LogP contribution in [0.4, 0.5) is 18.9 Å². The van der Waals surface area contributed by atoms with Crippen molar-refractivity contribution in [3.05, 3.63) is 28.8 Å². The second kappa shape index (κ2) is 6.89. The Kier molecular flexibility index (Phi) is 5.46. The van der Waals surface area contributed by atoms with E-state index in [0.29, 0.717) is 19.4 Å². The number of hydrogen-bond donors (Lipinski definition) is 1. The number of piperidine rings is 1. The molecule has 0 aliphatic carbocycles. The highest BCUT2D eigenvalue weighted by Crippen LogP contribution is 2.36. The van der Waals surface area contributed by atoms with Gasteiger partial charge < -0.3 is 5.32 Å². The number of sulfonamides is 1.